The van der Waals surface area contributed by atoms with Crippen LogP contribution in [0.1, 0.15) is 5.56 Å². The van der Waals surface area contributed by atoms with Gasteiger partial charge in [0.05, 0.1) is 16.6 Å². The molecule has 0 radical (unpaired) electrons. The van der Waals surface area contributed by atoms with E-state index >= 15 is 0 Å². The van der Waals surface area contributed by atoms with Gasteiger partial charge in [-0.2, -0.15) is 0 Å². The van der Waals surface area contributed by atoms with Crippen molar-refractivity contribution in [3.8, 4) is 5.69 Å². The normalized spacial score (nSPS) is 11.1. The molecule has 0 spiro atoms. The maximum atomic E-state index is 14.2. The Morgan fingerprint density at radius 1 is 1.30 bits per heavy atom. The average Bonchev–Trinajstić information content (AvgIpc) is 2.55. The number of fused-ring (bicyclic) bond motifs is 1. The van der Waals surface area contributed by atoms with Crippen LogP contribution in [0.25, 0.3) is 16.6 Å². The number of hydrogen-bond acceptors (Lipinski definition) is 5. The second-order valence-corrected chi connectivity index (χ2v) is 5.68. The van der Waals surface area contributed by atoms with E-state index in [2.05, 4.69) is 9.97 Å². The third-order valence-electron chi connectivity index (χ3n) is 3.43. The highest BCUT2D eigenvalue weighted by Gasteiger charge is 2.18. The van der Waals surface area contributed by atoms with E-state index in [4.69, 9.17) is 5.73 Å². The number of nitrogens with two attached hydrogens (primary N) is 1. The van der Waals surface area contributed by atoms with Crippen LogP contribution in [0.4, 0.5) is 14.5 Å². The zero-order valence-corrected chi connectivity index (χ0v) is 13.1. The SMILES string of the molecule is CSc1ncc2c(=O)n(-c3c(F)ccc(N)c3F)cc(C)c2n1. The second-order valence-electron chi connectivity index (χ2n) is 4.91. The minimum absolute atomic E-state index is 0.184. The van der Waals surface area contributed by atoms with Crippen molar-refractivity contribution in [3.63, 3.8) is 0 Å². The fourth-order valence-corrected chi connectivity index (χ4v) is 2.65. The molecule has 0 saturated carbocycles. The van der Waals surface area contributed by atoms with Crippen molar-refractivity contribution in [1.29, 1.82) is 0 Å². The average molecular weight is 334 g/mol. The van der Waals surface area contributed by atoms with E-state index in [0.717, 1.165) is 16.7 Å². The Morgan fingerprint density at radius 3 is 2.74 bits per heavy atom. The number of halogens is 2. The predicted octanol–water partition coefficient (Wildman–Crippen LogP) is 2.67. The summed E-state index contributed by atoms with van der Waals surface area (Å²) in [5, 5.41) is 0.697. The molecular weight excluding hydrogens is 322 g/mol. The molecule has 0 atom stereocenters. The molecule has 0 aliphatic rings. The van der Waals surface area contributed by atoms with E-state index in [1.165, 1.54) is 24.2 Å². The van der Waals surface area contributed by atoms with Gasteiger partial charge in [0.15, 0.2) is 11.0 Å². The topological polar surface area (TPSA) is 73.8 Å². The highest BCUT2D eigenvalue weighted by atomic mass is 32.2. The largest absolute Gasteiger partial charge is 0.396 e. The van der Waals surface area contributed by atoms with E-state index in [9.17, 15) is 13.6 Å². The molecule has 2 heterocycles. The van der Waals surface area contributed by atoms with Crippen molar-refractivity contribution in [2.75, 3.05) is 12.0 Å². The fraction of sp³-hybridized carbons (Fsp3) is 0.133. The van der Waals surface area contributed by atoms with Crippen LogP contribution in [0.15, 0.2) is 34.5 Å². The van der Waals surface area contributed by atoms with E-state index in [0.29, 0.717) is 16.2 Å². The van der Waals surface area contributed by atoms with Gasteiger partial charge in [-0.3, -0.25) is 9.36 Å². The molecule has 3 aromatic rings. The van der Waals surface area contributed by atoms with Gasteiger partial charge >= 0.3 is 0 Å². The molecule has 2 N–H and O–H groups in total. The molecule has 5 nitrogen and oxygen atoms in total. The summed E-state index contributed by atoms with van der Waals surface area (Å²) in [4.78, 5) is 20.9. The van der Waals surface area contributed by atoms with Gasteiger partial charge in [0.2, 0.25) is 0 Å². The van der Waals surface area contributed by atoms with Gasteiger partial charge in [0, 0.05) is 12.4 Å². The summed E-state index contributed by atoms with van der Waals surface area (Å²) in [5.74, 6) is -1.85. The zero-order chi connectivity index (χ0) is 16.7. The van der Waals surface area contributed by atoms with Gasteiger partial charge in [0.25, 0.3) is 5.56 Å². The van der Waals surface area contributed by atoms with Gasteiger partial charge in [-0.15, -0.1) is 0 Å². The lowest BCUT2D eigenvalue weighted by Crippen LogP contribution is -2.22. The molecule has 8 heteroatoms. The molecule has 1 aromatic carbocycles. The first-order valence-electron chi connectivity index (χ1n) is 6.61. The first-order chi connectivity index (χ1) is 10.9. The van der Waals surface area contributed by atoms with Crippen LogP contribution < -0.4 is 11.3 Å². The highest BCUT2D eigenvalue weighted by molar-refractivity contribution is 7.98. The third kappa shape index (κ3) is 2.44. The lowest BCUT2D eigenvalue weighted by atomic mass is 10.2. The van der Waals surface area contributed by atoms with Crippen LogP contribution in [-0.2, 0) is 0 Å². The first-order valence-corrected chi connectivity index (χ1v) is 7.83. The molecule has 0 unspecified atom stereocenters. The number of aromatic nitrogens is 3. The number of hydrogen-bond donors (Lipinski definition) is 1. The number of rotatable bonds is 2. The summed E-state index contributed by atoms with van der Waals surface area (Å²) in [5.41, 5.74) is 5.18. The number of nitrogen functional groups attached to an aromatic ring is 1. The zero-order valence-electron chi connectivity index (χ0n) is 12.3. The highest BCUT2D eigenvalue weighted by Crippen LogP contribution is 2.23. The standard InChI is InChI=1S/C15H12F2N4OS/c1-7-6-21(13-9(16)3-4-10(18)11(13)17)14(22)8-5-19-15(23-2)20-12(7)8/h3-6H,18H2,1-2H3. The van der Waals surface area contributed by atoms with Crippen LogP contribution in [0.2, 0.25) is 0 Å². The number of nitrogens with zero attached hydrogens (tertiary/aromatic N) is 3. The Bertz CT molecular complexity index is 987. The van der Waals surface area contributed by atoms with Crippen molar-refractivity contribution < 1.29 is 8.78 Å². The number of thioether (sulfide) groups is 1. The summed E-state index contributed by atoms with van der Waals surface area (Å²) < 4.78 is 29.2. The molecule has 23 heavy (non-hydrogen) atoms. The predicted molar refractivity (Wildman–Crippen MR) is 86.0 cm³/mol. The summed E-state index contributed by atoms with van der Waals surface area (Å²) in [7, 11) is 0. The Kier molecular flexibility index (Phi) is 3.77. The lowest BCUT2D eigenvalue weighted by Gasteiger charge is -2.12. The molecule has 0 aliphatic carbocycles. The molecule has 0 fully saturated rings. The number of pyridine rings is 1. The molecule has 0 amide bonds. The smallest absolute Gasteiger partial charge is 0.266 e. The van der Waals surface area contributed by atoms with E-state index in [1.807, 2.05) is 6.26 Å². The quantitative estimate of drug-likeness (QED) is 0.443. The molecule has 3 rings (SSSR count). The Hall–Kier alpha value is -2.48. The van der Waals surface area contributed by atoms with Crippen LogP contribution in [0.5, 0.6) is 0 Å². The fourth-order valence-electron chi connectivity index (χ4n) is 2.31. The van der Waals surface area contributed by atoms with E-state index in [1.54, 1.807) is 6.92 Å². The van der Waals surface area contributed by atoms with Gasteiger partial charge in [-0.05, 0) is 30.9 Å². The summed E-state index contributed by atoms with van der Waals surface area (Å²) >= 11 is 1.34. The van der Waals surface area contributed by atoms with Gasteiger partial charge < -0.3 is 5.73 Å². The van der Waals surface area contributed by atoms with Crippen molar-refractivity contribution >= 4 is 28.4 Å². The van der Waals surface area contributed by atoms with Crippen LogP contribution in [0.3, 0.4) is 0 Å². The van der Waals surface area contributed by atoms with Crippen molar-refractivity contribution in [2.45, 2.75) is 12.1 Å². The Labute approximate surface area is 134 Å². The molecule has 0 aliphatic heterocycles. The van der Waals surface area contributed by atoms with Crippen molar-refractivity contribution in [1.82, 2.24) is 14.5 Å². The van der Waals surface area contributed by atoms with Crippen LogP contribution in [-0.4, -0.2) is 20.8 Å². The maximum absolute atomic E-state index is 14.2. The lowest BCUT2D eigenvalue weighted by molar-refractivity contribution is 0.570. The summed E-state index contributed by atoms with van der Waals surface area (Å²) in [6.45, 7) is 1.71. The summed E-state index contributed by atoms with van der Waals surface area (Å²) in [6.07, 6.45) is 4.53. The second kappa shape index (κ2) is 5.62. The first kappa shape index (κ1) is 15.4. The van der Waals surface area contributed by atoms with Gasteiger partial charge in [-0.25, -0.2) is 18.7 Å². The minimum atomic E-state index is -0.979. The van der Waals surface area contributed by atoms with Gasteiger partial charge in [-0.1, -0.05) is 11.8 Å². The summed E-state index contributed by atoms with van der Waals surface area (Å²) in [6, 6.07) is 2.13. The van der Waals surface area contributed by atoms with Crippen molar-refractivity contribution in [2.24, 2.45) is 0 Å². The number of benzene rings is 1. The Balaban J connectivity index is 2.39. The molecule has 118 valence electrons. The van der Waals surface area contributed by atoms with E-state index < -0.39 is 22.9 Å². The molecule has 0 bridgehead atoms. The van der Waals surface area contributed by atoms with Crippen LogP contribution in [0, 0.1) is 18.6 Å². The number of aryl methyl sites for hydroxylation is 1. The van der Waals surface area contributed by atoms with E-state index in [-0.39, 0.29) is 11.1 Å². The maximum Gasteiger partial charge on any atom is 0.266 e. The number of anilines is 1. The molecule has 2 aromatic heterocycles. The molecular formula is C15H12F2N4OS. The van der Waals surface area contributed by atoms with Crippen molar-refractivity contribution in [3.05, 3.63) is 52.1 Å². The molecule has 0 saturated heterocycles. The van der Waals surface area contributed by atoms with Crippen LogP contribution >= 0.6 is 11.8 Å². The van der Waals surface area contributed by atoms with Gasteiger partial charge in [0.1, 0.15) is 11.5 Å². The Morgan fingerprint density at radius 2 is 2.04 bits per heavy atom. The minimum Gasteiger partial charge on any atom is -0.396 e. The monoisotopic (exact) mass is 334 g/mol. The third-order valence-corrected chi connectivity index (χ3v) is 3.99.